The molecule has 1 aliphatic heterocycles. The largest absolute Gasteiger partial charge is 0.334 e. The van der Waals surface area contributed by atoms with E-state index in [1.165, 1.54) is 0 Å². The number of carbonyl (C=O) groups is 1. The molecule has 26 heavy (non-hydrogen) atoms. The fraction of sp³-hybridized carbons (Fsp3) is 0.200. The van der Waals surface area contributed by atoms with E-state index in [1.807, 2.05) is 31.2 Å². The molecule has 6 nitrogen and oxygen atoms in total. The van der Waals surface area contributed by atoms with Gasteiger partial charge in [0.1, 0.15) is 0 Å². The fourth-order valence-corrected chi connectivity index (χ4v) is 3.18. The average molecular weight is 344 g/mol. The van der Waals surface area contributed by atoms with Gasteiger partial charge < -0.3 is 9.42 Å². The van der Waals surface area contributed by atoms with Crippen LogP contribution in [0.3, 0.4) is 0 Å². The Morgan fingerprint density at radius 3 is 2.69 bits per heavy atom. The Kier molecular flexibility index (Phi) is 3.98. The number of para-hydroxylation sites is 1. The Labute approximate surface area is 150 Å². The molecule has 0 saturated carbocycles. The van der Waals surface area contributed by atoms with Crippen LogP contribution in [0.5, 0.6) is 0 Å². The normalized spacial score (nSPS) is 16.7. The molecule has 1 saturated heterocycles. The van der Waals surface area contributed by atoms with E-state index < -0.39 is 0 Å². The van der Waals surface area contributed by atoms with Gasteiger partial charge in [0.2, 0.25) is 5.91 Å². The lowest BCUT2D eigenvalue weighted by molar-refractivity contribution is -0.117. The Morgan fingerprint density at radius 1 is 1.19 bits per heavy atom. The van der Waals surface area contributed by atoms with E-state index in [2.05, 4.69) is 16.2 Å². The van der Waals surface area contributed by atoms with Gasteiger partial charge in [0, 0.05) is 30.1 Å². The second-order valence-electron chi connectivity index (χ2n) is 6.34. The molecule has 0 radical (unpaired) electrons. The quantitative estimate of drug-likeness (QED) is 0.727. The molecule has 4 rings (SSSR count). The van der Waals surface area contributed by atoms with Crippen molar-refractivity contribution in [2.75, 3.05) is 11.4 Å². The van der Waals surface area contributed by atoms with Gasteiger partial charge in [-0.15, -0.1) is 0 Å². The van der Waals surface area contributed by atoms with Crippen LogP contribution in [0.15, 0.2) is 53.1 Å². The summed E-state index contributed by atoms with van der Waals surface area (Å²) in [6, 6.07) is 16.9. The van der Waals surface area contributed by atoms with Crippen molar-refractivity contribution in [3.63, 3.8) is 0 Å². The summed E-state index contributed by atoms with van der Waals surface area (Å²) in [7, 11) is 0. The molecule has 2 heterocycles. The lowest BCUT2D eigenvalue weighted by atomic mass is 10.1. The number of nitriles is 1. The van der Waals surface area contributed by atoms with Crippen LogP contribution in [0, 0.1) is 18.3 Å². The lowest BCUT2D eigenvalue weighted by Gasteiger charge is -2.18. The van der Waals surface area contributed by atoms with Crippen molar-refractivity contribution >= 4 is 11.6 Å². The standard InChI is InChI=1S/C20H16N4O2/c1-13-4-2-3-5-17(13)24-12-16(10-18(24)25)19-22-20(26-23-19)15-8-6-14(11-21)7-9-15/h2-9,16H,10,12H2,1H3. The highest BCUT2D eigenvalue weighted by Gasteiger charge is 2.35. The van der Waals surface area contributed by atoms with Crippen LogP contribution < -0.4 is 4.90 Å². The molecule has 1 aromatic heterocycles. The van der Waals surface area contributed by atoms with Gasteiger partial charge in [-0.3, -0.25) is 4.79 Å². The fourth-order valence-electron chi connectivity index (χ4n) is 3.18. The number of carbonyl (C=O) groups excluding carboxylic acids is 1. The number of rotatable bonds is 3. The van der Waals surface area contributed by atoms with Crippen LogP contribution in [0.1, 0.15) is 29.3 Å². The van der Waals surface area contributed by atoms with E-state index in [1.54, 1.807) is 29.2 Å². The van der Waals surface area contributed by atoms with Gasteiger partial charge in [0.15, 0.2) is 5.82 Å². The molecule has 1 amide bonds. The SMILES string of the molecule is Cc1ccccc1N1CC(c2noc(-c3ccc(C#N)cc3)n2)CC1=O. The van der Waals surface area contributed by atoms with E-state index >= 15 is 0 Å². The third-order valence-electron chi connectivity index (χ3n) is 4.60. The summed E-state index contributed by atoms with van der Waals surface area (Å²) in [5.41, 5.74) is 3.32. The number of aromatic nitrogens is 2. The number of hydrogen-bond donors (Lipinski definition) is 0. The van der Waals surface area contributed by atoms with Gasteiger partial charge in [-0.2, -0.15) is 10.2 Å². The van der Waals surface area contributed by atoms with Crippen molar-refractivity contribution in [3.8, 4) is 17.5 Å². The smallest absolute Gasteiger partial charge is 0.257 e. The zero-order chi connectivity index (χ0) is 18.1. The summed E-state index contributed by atoms with van der Waals surface area (Å²) >= 11 is 0. The molecule has 128 valence electrons. The topological polar surface area (TPSA) is 83.0 Å². The van der Waals surface area contributed by atoms with E-state index in [0.717, 1.165) is 16.8 Å². The number of amides is 1. The predicted molar refractivity (Wildman–Crippen MR) is 95.3 cm³/mol. The highest BCUT2D eigenvalue weighted by Crippen LogP contribution is 2.32. The highest BCUT2D eigenvalue weighted by molar-refractivity contribution is 5.97. The zero-order valence-electron chi connectivity index (χ0n) is 14.2. The Hall–Kier alpha value is -3.46. The maximum absolute atomic E-state index is 12.5. The predicted octanol–water partition coefficient (Wildman–Crippen LogP) is 3.44. The summed E-state index contributed by atoms with van der Waals surface area (Å²) < 4.78 is 5.36. The molecule has 0 spiro atoms. The van der Waals surface area contributed by atoms with E-state index in [0.29, 0.717) is 30.2 Å². The maximum Gasteiger partial charge on any atom is 0.257 e. The Balaban J connectivity index is 1.56. The first-order chi connectivity index (χ1) is 12.7. The minimum absolute atomic E-state index is 0.0639. The van der Waals surface area contributed by atoms with Gasteiger partial charge in [0.25, 0.3) is 5.89 Å². The summed E-state index contributed by atoms with van der Waals surface area (Å²) in [5, 5.41) is 12.9. The molecule has 2 aromatic carbocycles. The maximum atomic E-state index is 12.5. The molecule has 1 unspecified atom stereocenters. The number of nitrogens with zero attached hydrogens (tertiary/aromatic N) is 4. The van der Waals surface area contributed by atoms with Gasteiger partial charge >= 0.3 is 0 Å². The first-order valence-electron chi connectivity index (χ1n) is 8.36. The Bertz CT molecular complexity index is 1000. The lowest BCUT2D eigenvalue weighted by Crippen LogP contribution is -2.25. The van der Waals surface area contributed by atoms with Crippen LogP contribution >= 0.6 is 0 Å². The minimum Gasteiger partial charge on any atom is -0.334 e. The van der Waals surface area contributed by atoms with Gasteiger partial charge in [-0.1, -0.05) is 23.4 Å². The van der Waals surface area contributed by atoms with Crippen molar-refractivity contribution in [3.05, 3.63) is 65.5 Å². The second-order valence-corrected chi connectivity index (χ2v) is 6.34. The van der Waals surface area contributed by atoms with Crippen molar-refractivity contribution < 1.29 is 9.32 Å². The minimum atomic E-state index is -0.0991. The molecule has 3 aromatic rings. The van der Waals surface area contributed by atoms with Crippen molar-refractivity contribution in [2.45, 2.75) is 19.3 Å². The molecule has 6 heteroatoms. The van der Waals surface area contributed by atoms with Crippen molar-refractivity contribution in [1.29, 1.82) is 5.26 Å². The van der Waals surface area contributed by atoms with E-state index in [4.69, 9.17) is 9.78 Å². The monoisotopic (exact) mass is 344 g/mol. The van der Waals surface area contributed by atoms with E-state index in [9.17, 15) is 4.79 Å². The molecular formula is C20H16N4O2. The summed E-state index contributed by atoms with van der Waals surface area (Å²) in [6.07, 6.45) is 0.362. The second kappa shape index (κ2) is 6.45. The number of anilines is 1. The Morgan fingerprint density at radius 2 is 1.96 bits per heavy atom. The van der Waals surface area contributed by atoms with Gasteiger partial charge in [-0.05, 0) is 42.8 Å². The van der Waals surface area contributed by atoms with Crippen LogP contribution in [-0.2, 0) is 4.79 Å². The van der Waals surface area contributed by atoms with Crippen molar-refractivity contribution in [1.82, 2.24) is 10.1 Å². The van der Waals surface area contributed by atoms with Crippen LogP contribution in [-0.4, -0.2) is 22.6 Å². The van der Waals surface area contributed by atoms with Crippen LogP contribution in [0.2, 0.25) is 0 Å². The van der Waals surface area contributed by atoms with Crippen molar-refractivity contribution in [2.24, 2.45) is 0 Å². The van der Waals surface area contributed by atoms with Gasteiger partial charge in [-0.25, -0.2) is 0 Å². The number of aryl methyl sites for hydroxylation is 1. The van der Waals surface area contributed by atoms with Crippen LogP contribution in [0.4, 0.5) is 5.69 Å². The summed E-state index contributed by atoms with van der Waals surface area (Å²) in [5.74, 6) is 0.895. The average Bonchev–Trinajstić information content (AvgIpc) is 3.29. The molecular weight excluding hydrogens is 328 g/mol. The first kappa shape index (κ1) is 16.0. The summed E-state index contributed by atoms with van der Waals surface area (Å²) in [4.78, 5) is 18.7. The molecule has 0 N–H and O–H groups in total. The zero-order valence-corrected chi connectivity index (χ0v) is 14.2. The number of benzene rings is 2. The molecule has 0 aliphatic carbocycles. The number of hydrogen-bond acceptors (Lipinski definition) is 5. The molecule has 1 fully saturated rings. The molecule has 1 atom stereocenters. The molecule has 0 bridgehead atoms. The first-order valence-corrected chi connectivity index (χ1v) is 8.36. The van der Waals surface area contributed by atoms with E-state index in [-0.39, 0.29) is 11.8 Å². The summed E-state index contributed by atoms with van der Waals surface area (Å²) in [6.45, 7) is 2.53. The highest BCUT2D eigenvalue weighted by atomic mass is 16.5. The third kappa shape index (κ3) is 2.84. The van der Waals surface area contributed by atoms with Gasteiger partial charge in [0.05, 0.1) is 11.6 Å². The molecule has 1 aliphatic rings. The van der Waals surface area contributed by atoms with Crippen LogP contribution in [0.25, 0.3) is 11.5 Å². The third-order valence-corrected chi connectivity index (χ3v) is 4.60.